The lowest BCUT2D eigenvalue weighted by atomic mass is 10.1. The second kappa shape index (κ2) is 8.48. The quantitative estimate of drug-likeness (QED) is 0.852. The van der Waals surface area contributed by atoms with Crippen LogP contribution in [0.15, 0.2) is 0 Å². The van der Waals surface area contributed by atoms with Crippen LogP contribution in [0.25, 0.3) is 0 Å². The zero-order valence-electron chi connectivity index (χ0n) is 13.5. The van der Waals surface area contributed by atoms with Crippen LogP contribution < -0.4 is 5.32 Å². The number of hydrogen-bond donors (Lipinski definition) is 1. The Kier molecular flexibility index (Phi) is 6.93. The monoisotopic (exact) mass is 332 g/mol. The third-order valence-corrected chi connectivity index (χ3v) is 5.16. The van der Waals surface area contributed by atoms with Gasteiger partial charge in [0.15, 0.2) is 0 Å². The maximum atomic E-state index is 12.5. The van der Waals surface area contributed by atoms with E-state index in [-0.39, 0.29) is 30.5 Å². The van der Waals surface area contributed by atoms with E-state index in [0.29, 0.717) is 12.2 Å². The van der Waals surface area contributed by atoms with Gasteiger partial charge >= 0.3 is 0 Å². The molecule has 3 fully saturated rings. The minimum absolute atomic E-state index is 0. The molecule has 1 N–H and O–H groups in total. The minimum atomic E-state index is -0.0535. The highest BCUT2D eigenvalue weighted by Gasteiger charge is 2.34. The van der Waals surface area contributed by atoms with Crippen LogP contribution in [0.3, 0.4) is 0 Å². The highest BCUT2D eigenvalue weighted by Crippen LogP contribution is 2.26. The summed E-state index contributed by atoms with van der Waals surface area (Å²) in [5.41, 5.74) is 0. The first kappa shape index (κ1) is 18.0. The van der Waals surface area contributed by atoms with Gasteiger partial charge in [-0.05, 0) is 32.1 Å². The molecule has 3 rings (SSSR count). The molecule has 1 saturated carbocycles. The molecule has 1 amide bonds. The van der Waals surface area contributed by atoms with Gasteiger partial charge in [-0.15, -0.1) is 12.4 Å². The Bertz CT molecular complexity index is 355. The van der Waals surface area contributed by atoms with Crippen molar-refractivity contribution in [1.29, 1.82) is 0 Å². The second-order valence-corrected chi connectivity index (χ2v) is 6.62. The first-order chi connectivity index (χ1) is 10.3. The number of carbonyl (C=O) groups excluding carboxylic acids is 1. The number of likely N-dealkylation sites (tertiary alicyclic amines) is 1. The highest BCUT2D eigenvalue weighted by atomic mass is 35.5. The van der Waals surface area contributed by atoms with E-state index in [1.807, 2.05) is 4.90 Å². The Morgan fingerprint density at radius 2 is 1.68 bits per heavy atom. The summed E-state index contributed by atoms with van der Waals surface area (Å²) in [5.74, 6) is 0.244. The predicted molar refractivity (Wildman–Crippen MR) is 87.4 cm³/mol. The highest BCUT2D eigenvalue weighted by molar-refractivity contribution is 5.85. The zero-order valence-corrected chi connectivity index (χ0v) is 14.3. The van der Waals surface area contributed by atoms with Crippen LogP contribution in [0.4, 0.5) is 0 Å². The standard InChI is InChI=1S/C16H28N2O3.ClH/c1-20-14-10-15(17-11-14)16(19)18-8-6-13(7-9-18)21-12-4-2-3-5-12;/h12-15,17H,2-11H2,1H3;1H/t14-,15-;/m0./s1. The molecule has 0 aromatic heterocycles. The van der Waals surface area contributed by atoms with Gasteiger partial charge in [0.1, 0.15) is 0 Å². The zero-order chi connectivity index (χ0) is 14.7. The minimum Gasteiger partial charge on any atom is -0.380 e. The molecule has 3 aliphatic rings. The summed E-state index contributed by atoms with van der Waals surface area (Å²) >= 11 is 0. The molecule has 0 spiro atoms. The molecule has 0 unspecified atom stereocenters. The van der Waals surface area contributed by atoms with Gasteiger partial charge in [-0.25, -0.2) is 0 Å². The van der Waals surface area contributed by atoms with Crippen molar-refractivity contribution < 1.29 is 14.3 Å². The first-order valence-electron chi connectivity index (χ1n) is 8.46. The molecule has 6 heteroatoms. The lowest BCUT2D eigenvalue weighted by Gasteiger charge is -2.34. The van der Waals surface area contributed by atoms with Crippen molar-refractivity contribution in [2.45, 2.75) is 69.3 Å². The number of ether oxygens (including phenoxy) is 2. The van der Waals surface area contributed by atoms with E-state index in [9.17, 15) is 4.79 Å². The van der Waals surface area contributed by atoms with Crippen LogP contribution >= 0.6 is 12.4 Å². The van der Waals surface area contributed by atoms with Crippen LogP contribution in [0.1, 0.15) is 44.9 Å². The van der Waals surface area contributed by atoms with E-state index in [1.54, 1.807) is 7.11 Å². The van der Waals surface area contributed by atoms with Crippen molar-refractivity contribution in [2.24, 2.45) is 0 Å². The number of rotatable bonds is 4. The molecule has 0 aromatic rings. The van der Waals surface area contributed by atoms with Crippen molar-refractivity contribution in [3.05, 3.63) is 0 Å². The molecule has 1 aliphatic carbocycles. The molecule has 0 aromatic carbocycles. The van der Waals surface area contributed by atoms with Gasteiger partial charge in [0.05, 0.1) is 24.4 Å². The van der Waals surface area contributed by atoms with Crippen LogP contribution in [-0.2, 0) is 14.3 Å². The number of methoxy groups -OCH3 is 1. The summed E-state index contributed by atoms with van der Waals surface area (Å²) in [6.07, 6.45) is 8.89. The van der Waals surface area contributed by atoms with Crippen molar-refractivity contribution in [2.75, 3.05) is 26.7 Å². The number of halogens is 1. The Morgan fingerprint density at radius 1 is 1.05 bits per heavy atom. The third kappa shape index (κ3) is 4.34. The van der Waals surface area contributed by atoms with Gasteiger partial charge in [0.2, 0.25) is 5.91 Å². The summed E-state index contributed by atoms with van der Waals surface area (Å²) in [6, 6.07) is -0.0535. The number of piperidine rings is 1. The number of amides is 1. The van der Waals surface area contributed by atoms with Gasteiger partial charge in [-0.2, -0.15) is 0 Å². The SMILES string of the molecule is CO[C@@H]1CN[C@H](C(=O)N2CCC(OC3CCCC3)CC2)C1.Cl. The van der Waals surface area contributed by atoms with E-state index < -0.39 is 0 Å². The summed E-state index contributed by atoms with van der Waals surface area (Å²) < 4.78 is 11.5. The lowest BCUT2D eigenvalue weighted by Crippen LogP contribution is -2.48. The van der Waals surface area contributed by atoms with Crippen LogP contribution in [0.5, 0.6) is 0 Å². The fourth-order valence-electron chi connectivity index (χ4n) is 3.80. The predicted octanol–water partition coefficient (Wildman–Crippen LogP) is 1.74. The third-order valence-electron chi connectivity index (χ3n) is 5.16. The fraction of sp³-hybridized carbons (Fsp3) is 0.938. The van der Waals surface area contributed by atoms with Crippen LogP contribution in [0, 0.1) is 0 Å². The van der Waals surface area contributed by atoms with E-state index in [1.165, 1.54) is 25.7 Å². The van der Waals surface area contributed by atoms with Gasteiger partial charge in [-0.3, -0.25) is 4.79 Å². The maximum absolute atomic E-state index is 12.5. The van der Waals surface area contributed by atoms with Gasteiger partial charge < -0.3 is 19.7 Å². The number of carbonyl (C=O) groups is 1. The molecule has 22 heavy (non-hydrogen) atoms. The maximum Gasteiger partial charge on any atom is 0.239 e. The van der Waals surface area contributed by atoms with Crippen molar-refractivity contribution in [3.8, 4) is 0 Å². The van der Waals surface area contributed by atoms with Gasteiger partial charge in [0, 0.05) is 26.7 Å². The number of nitrogens with one attached hydrogen (secondary N) is 1. The second-order valence-electron chi connectivity index (χ2n) is 6.62. The summed E-state index contributed by atoms with van der Waals surface area (Å²) in [6.45, 7) is 2.46. The summed E-state index contributed by atoms with van der Waals surface area (Å²) in [7, 11) is 1.71. The van der Waals surface area contributed by atoms with E-state index >= 15 is 0 Å². The molecule has 2 saturated heterocycles. The fourth-order valence-corrected chi connectivity index (χ4v) is 3.80. The van der Waals surface area contributed by atoms with E-state index in [0.717, 1.165) is 38.9 Å². The number of hydrogen-bond acceptors (Lipinski definition) is 4. The summed E-state index contributed by atoms with van der Waals surface area (Å²) in [4.78, 5) is 14.5. The molecule has 0 radical (unpaired) electrons. The lowest BCUT2D eigenvalue weighted by molar-refractivity contribution is -0.136. The Balaban J connectivity index is 0.00000176. The molecule has 2 atom stereocenters. The molecule has 0 bridgehead atoms. The Morgan fingerprint density at radius 3 is 2.27 bits per heavy atom. The smallest absolute Gasteiger partial charge is 0.239 e. The largest absolute Gasteiger partial charge is 0.380 e. The first-order valence-corrected chi connectivity index (χ1v) is 8.46. The average molecular weight is 333 g/mol. The van der Waals surface area contributed by atoms with E-state index in [2.05, 4.69) is 5.32 Å². The van der Waals surface area contributed by atoms with E-state index in [4.69, 9.17) is 9.47 Å². The topological polar surface area (TPSA) is 50.8 Å². The average Bonchev–Trinajstić information content (AvgIpc) is 3.18. The molecule has 2 heterocycles. The molecule has 128 valence electrons. The van der Waals surface area contributed by atoms with Crippen LogP contribution in [-0.4, -0.2) is 61.9 Å². The Hall–Kier alpha value is -0.360. The molecule has 2 aliphatic heterocycles. The summed E-state index contributed by atoms with van der Waals surface area (Å²) in [5, 5.41) is 3.28. The normalized spacial score (nSPS) is 30.5. The molecular formula is C16H29ClN2O3. The van der Waals surface area contributed by atoms with Gasteiger partial charge in [-0.1, -0.05) is 12.8 Å². The molecule has 5 nitrogen and oxygen atoms in total. The van der Waals surface area contributed by atoms with Crippen LogP contribution in [0.2, 0.25) is 0 Å². The van der Waals surface area contributed by atoms with Gasteiger partial charge in [0.25, 0.3) is 0 Å². The van der Waals surface area contributed by atoms with Crippen molar-refractivity contribution in [3.63, 3.8) is 0 Å². The molecular weight excluding hydrogens is 304 g/mol. The van der Waals surface area contributed by atoms with Crippen molar-refractivity contribution >= 4 is 18.3 Å². The Labute approximate surface area is 139 Å². The number of nitrogens with zero attached hydrogens (tertiary/aromatic N) is 1. The van der Waals surface area contributed by atoms with Crippen molar-refractivity contribution in [1.82, 2.24) is 10.2 Å².